The van der Waals surface area contributed by atoms with E-state index < -0.39 is 6.04 Å². The van der Waals surface area contributed by atoms with E-state index in [4.69, 9.17) is 4.74 Å². The molecule has 1 aliphatic carbocycles. The third-order valence-corrected chi connectivity index (χ3v) is 4.78. The number of aromatic nitrogens is 3. The zero-order valence-electron chi connectivity index (χ0n) is 17.3. The van der Waals surface area contributed by atoms with E-state index >= 15 is 0 Å². The highest BCUT2D eigenvalue weighted by atomic mass is 16.5. The average Bonchev–Trinajstić information content (AvgIpc) is 3.59. The molecule has 1 N–H and O–H groups in total. The first-order valence-corrected chi connectivity index (χ1v) is 9.63. The van der Waals surface area contributed by atoms with Crippen molar-refractivity contribution in [3.8, 4) is 17.3 Å². The summed E-state index contributed by atoms with van der Waals surface area (Å²) in [7, 11) is 4.80. The van der Waals surface area contributed by atoms with Gasteiger partial charge in [-0.2, -0.15) is 5.26 Å². The van der Waals surface area contributed by atoms with E-state index in [1.54, 1.807) is 32.6 Å². The molecule has 0 spiro atoms. The number of likely N-dealkylation sites (N-methyl/N-ethyl adjacent to an activating group) is 1. The summed E-state index contributed by atoms with van der Waals surface area (Å²) in [6, 6.07) is 3.06. The van der Waals surface area contributed by atoms with Crippen molar-refractivity contribution in [3.05, 3.63) is 36.0 Å². The number of nitriles is 1. The molecule has 2 aromatic rings. The summed E-state index contributed by atoms with van der Waals surface area (Å²) in [6.07, 6.45) is 6.93. The number of nitrogens with one attached hydrogen (secondary N) is 1. The second kappa shape index (κ2) is 9.41. The molecule has 30 heavy (non-hydrogen) atoms. The van der Waals surface area contributed by atoms with Crippen LogP contribution in [0.5, 0.6) is 0 Å². The second-order valence-corrected chi connectivity index (χ2v) is 7.43. The van der Waals surface area contributed by atoms with Gasteiger partial charge in [0.05, 0.1) is 36.3 Å². The third-order valence-electron chi connectivity index (χ3n) is 4.78. The van der Waals surface area contributed by atoms with Crippen LogP contribution in [0.2, 0.25) is 0 Å². The summed E-state index contributed by atoms with van der Waals surface area (Å²) in [4.78, 5) is 38.7. The van der Waals surface area contributed by atoms with Crippen LogP contribution in [-0.4, -0.2) is 65.4 Å². The van der Waals surface area contributed by atoms with Gasteiger partial charge in [-0.25, -0.2) is 4.98 Å². The van der Waals surface area contributed by atoms with E-state index in [1.165, 1.54) is 18.2 Å². The Morgan fingerprint density at radius 1 is 1.27 bits per heavy atom. The Bertz CT molecular complexity index is 964. The molecule has 2 aromatic heterocycles. The van der Waals surface area contributed by atoms with Gasteiger partial charge in [0.2, 0.25) is 5.91 Å². The van der Waals surface area contributed by atoms with Crippen molar-refractivity contribution >= 4 is 17.4 Å². The van der Waals surface area contributed by atoms with Crippen LogP contribution in [0, 0.1) is 17.2 Å². The van der Waals surface area contributed by atoms with Crippen LogP contribution in [0.3, 0.4) is 0 Å². The van der Waals surface area contributed by atoms with Crippen LogP contribution in [0.15, 0.2) is 24.7 Å². The standard InChI is InChI=1S/C21H24N6O3/c1-27(2)21(29)19(12-30-3)26-16-6-14(9-24-17(16)8-22)18-11-23-15(10-25-18)7-20(28)13-4-5-13/h6,9-11,13,19,26H,4-5,7,12H2,1-3H3. The number of carbonyl (C=O) groups is 2. The molecule has 2 heterocycles. The van der Waals surface area contributed by atoms with Gasteiger partial charge < -0.3 is 15.0 Å². The zero-order valence-corrected chi connectivity index (χ0v) is 17.3. The fraction of sp³-hybridized carbons (Fsp3) is 0.429. The number of Topliss-reactive ketones (excluding diaryl/α,β-unsaturated/α-hetero) is 1. The van der Waals surface area contributed by atoms with Gasteiger partial charge in [0.15, 0.2) is 5.69 Å². The molecule has 0 radical (unpaired) electrons. The number of ketones is 1. The van der Waals surface area contributed by atoms with Crippen molar-refractivity contribution < 1.29 is 14.3 Å². The van der Waals surface area contributed by atoms with Crippen LogP contribution >= 0.6 is 0 Å². The van der Waals surface area contributed by atoms with E-state index in [1.807, 2.05) is 6.07 Å². The van der Waals surface area contributed by atoms with Crippen LogP contribution in [0.4, 0.5) is 5.69 Å². The molecule has 0 aromatic carbocycles. The lowest BCUT2D eigenvalue weighted by molar-refractivity contribution is -0.130. The highest BCUT2D eigenvalue weighted by molar-refractivity contribution is 5.85. The number of carbonyl (C=O) groups excluding carboxylic acids is 2. The van der Waals surface area contributed by atoms with Gasteiger partial charge in [-0.3, -0.25) is 19.6 Å². The molecule has 9 nitrogen and oxygen atoms in total. The van der Waals surface area contributed by atoms with Crippen LogP contribution in [-0.2, 0) is 20.7 Å². The van der Waals surface area contributed by atoms with Crippen LogP contribution in [0.25, 0.3) is 11.3 Å². The number of rotatable bonds is 9. The minimum Gasteiger partial charge on any atom is -0.382 e. The Kier molecular flexibility index (Phi) is 6.69. The first kappa shape index (κ1) is 21.3. The lowest BCUT2D eigenvalue weighted by Gasteiger charge is -2.22. The normalized spacial score (nSPS) is 13.9. The largest absolute Gasteiger partial charge is 0.382 e. The molecule has 1 atom stereocenters. The summed E-state index contributed by atoms with van der Waals surface area (Å²) >= 11 is 0. The van der Waals surface area contributed by atoms with E-state index in [9.17, 15) is 14.9 Å². The van der Waals surface area contributed by atoms with Crippen molar-refractivity contribution in [1.82, 2.24) is 19.9 Å². The van der Waals surface area contributed by atoms with Crippen molar-refractivity contribution in [2.45, 2.75) is 25.3 Å². The van der Waals surface area contributed by atoms with Crippen LogP contribution in [0.1, 0.15) is 24.2 Å². The van der Waals surface area contributed by atoms with E-state index in [0.29, 0.717) is 29.1 Å². The van der Waals surface area contributed by atoms with E-state index in [2.05, 4.69) is 20.3 Å². The van der Waals surface area contributed by atoms with Gasteiger partial charge in [0.25, 0.3) is 0 Å². The number of ether oxygens (including phenoxy) is 1. The summed E-state index contributed by atoms with van der Waals surface area (Å²) in [5, 5.41) is 12.5. The van der Waals surface area contributed by atoms with Gasteiger partial charge in [-0.1, -0.05) is 0 Å². The predicted octanol–water partition coefficient (Wildman–Crippen LogP) is 1.45. The summed E-state index contributed by atoms with van der Waals surface area (Å²) in [5.74, 6) is 0.210. The summed E-state index contributed by atoms with van der Waals surface area (Å²) in [5.41, 5.74) is 2.39. The zero-order chi connectivity index (χ0) is 21.7. The number of hydrogen-bond donors (Lipinski definition) is 1. The first-order valence-electron chi connectivity index (χ1n) is 9.63. The first-order chi connectivity index (χ1) is 14.4. The third kappa shape index (κ3) is 5.15. The quantitative estimate of drug-likeness (QED) is 0.662. The maximum absolute atomic E-state index is 12.4. The molecular weight excluding hydrogens is 384 g/mol. The Balaban J connectivity index is 1.82. The molecule has 0 saturated heterocycles. The Labute approximate surface area is 175 Å². The van der Waals surface area contributed by atoms with Gasteiger partial charge in [-0.05, 0) is 18.9 Å². The molecule has 1 saturated carbocycles. The molecular formula is C21H24N6O3. The molecule has 0 aliphatic heterocycles. The molecule has 3 rings (SSSR count). The molecule has 0 bridgehead atoms. The number of hydrogen-bond acceptors (Lipinski definition) is 8. The number of pyridine rings is 1. The van der Waals surface area contributed by atoms with Gasteiger partial charge >= 0.3 is 0 Å². The summed E-state index contributed by atoms with van der Waals surface area (Å²) in [6.45, 7) is 0.135. The molecule has 1 fully saturated rings. The van der Waals surface area contributed by atoms with Gasteiger partial charge in [-0.15, -0.1) is 0 Å². The number of nitrogens with zero attached hydrogens (tertiary/aromatic N) is 5. The molecule has 1 amide bonds. The monoisotopic (exact) mass is 408 g/mol. The fourth-order valence-corrected chi connectivity index (χ4v) is 2.97. The topological polar surface area (TPSA) is 121 Å². The number of anilines is 1. The molecule has 156 valence electrons. The second-order valence-electron chi connectivity index (χ2n) is 7.43. The van der Waals surface area contributed by atoms with Crippen molar-refractivity contribution in [2.75, 3.05) is 33.1 Å². The Morgan fingerprint density at radius 2 is 2.03 bits per heavy atom. The highest BCUT2D eigenvalue weighted by Gasteiger charge is 2.29. The van der Waals surface area contributed by atoms with Gasteiger partial charge in [0, 0.05) is 45.1 Å². The smallest absolute Gasteiger partial charge is 0.246 e. The van der Waals surface area contributed by atoms with Gasteiger partial charge in [0.1, 0.15) is 17.9 Å². The van der Waals surface area contributed by atoms with Crippen LogP contribution < -0.4 is 5.32 Å². The van der Waals surface area contributed by atoms with Crippen molar-refractivity contribution in [1.29, 1.82) is 5.26 Å². The predicted molar refractivity (Wildman–Crippen MR) is 109 cm³/mol. The molecule has 9 heteroatoms. The Morgan fingerprint density at radius 3 is 2.60 bits per heavy atom. The highest BCUT2D eigenvalue weighted by Crippen LogP contribution is 2.30. The lowest BCUT2D eigenvalue weighted by atomic mass is 10.1. The average molecular weight is 408 g/mol. The lowest BCUT2D eigenvalue weighted by Crippen LogP contribution is -2.42. The number of methoxy groups -OCH3 is 1. The van der Waals surface area contributed by atoms with Crippen molar-refractivity contribution in [2.24, 2.45) is 5.92 Å². The maximum atomic E-state index is 12.4. The van der Waals surface area contributed by atoms with E-state index in [0.717, 1.165) is 12.8 Å². The van der Waals surface area contributed by atoms with E-state index in [-0.39, 0.29) is 29.9 Å². The molecule has 1 unspecified atom stereocenters. The maximum Gasteiger partial charge on any atom is 0.246 e. The number of amides is 1. The SMILES string of the molecule is COCC(Nc1cc(-c2cnc(CC(=O)C3CC3)cn2)cnc1C#N)C(=O)N(C)C. The minimum absolute atomic E-state index is 0.135. The fourth-order valence-electron chi connectivity index (χ4n) is 2.97. The minimum atomic E-state index is -0.670. The Hall–Kier alpha value is -3.38. The van der Waals surface area contributed by atoms with Crippen molar-refractivity contribution in [3.63, 3.8) is 0 Å². The molecule has 1 aliphatic rings. The summed E-state index contributed by atoms with van der Waals surface area (Å²) < 4.78 is 5.14.